The van der Waals surface area contributed by atoms with Crippen LogP contribution in [0.5, 0.6) is 0 Å². The third kappa shape index (κ3) is 3.34. The smallest absolute Gasteiger partial charge is 0.152 e. The molecule has 1 rings (SSSR count). The summed E-state index contributed by atoms with van der Waals surface area (Å²) in [6.45, 7) is 10.1. The van der Waals surface area contributed by atoms with Crippen LogP contribution in [0.25, 0.3) is 5.57 Å². The predicted molar refractivity (Wildman–Crippen MR) is 69.5 cm³/mol. The van der Waals surface area contributed by atoms with Crippen molar-refractivity contribution in [3.63, 3.8) is 0 Å². The maximum atomic E-state index is 11.0. The zero-order valence-corrected chi connectivity index (χ0v) is 10.8. The molecule has 16 heavy (non-hydrogen) atoms. The monoisotopic (exact) mass is 216 g/mol. The predicted octanol–water partition coefficient (Wildman–Crippen LogP) is 3.98. The van der Waals surface area contributed by atoms with Gasteiger partial charge in [-0.2, -0.15) is 0 Å². The lowest BCUT2D eigenvalue weighted by atomic mass is 9.85. The van der Waals surface area contributed by atoms with Gasteiger partial charge in [-0.15, -0.1) is 0 Å². The fourth-order valence-electron chi connectivity index (χ4n) is 1.62. The van der Waals surface area contributed by atoms with Crippen LogP contribution in [0.1, 0.15) is 45.7 Å². The second-order valence-corrected chi connectivity index (χ2v) is 5.27. The first-order valence-corrected chi connectivity index (χ1v) is 5.60. The van der Waals surface area contributed by atoms with Gasteiger partial charge in [-0.25, -0.2) is 0 Å². The van der Waals surface area contributed by atoms with Crippen molar-refractivity contribution in [1.82, 2.24) is 0 Å². The van der Waals surface area contributed by atoms with Crippen LogP contribution in [-0.4, -0.2) is 5.78 Å². The van der Waals surface area contributed by atoms with E-state index < -0.39 is 0 Å². The van der Waals surface area contributed by atoms with Crippen LogP contribution in [0.15, 0.2) is 30.3 Å². The van der Waals surface area contributed by atoms with E-state index in [2.05, 4.69) is 32.9 Å². The van der Waals surface area contributed by atoms with Crippen molar-refractivity contribution >= 4 is 11.4 Å². The molecule has 86 valence electrons. The Balaban J connectivity index is 3.13. The average molecular weight is 216 g/mol. The minimum atomic E-state index is 0.0960. The number of allylic oxidation sites excluding steroid dienone is 2. The Labute approximate surface area is 98.2 Å². The number of hydrogen-bond acceptors (Lipinski definition) is 1. The molecule has 0 aliphatic heterocycles. The van der Waals surface area contributed by atoms with Crippen molar-refractivity contribution in [3.05, 3.63) is 41.5 Å². The Morgan fingerprint density at radius 1 is 1.19 bits per heavy atom. The first-order chi connectivity index (χ1) is 7.30. The zero-order valence-electron chi connectivity index (χ0n) is 10.8. The fourth-order valence-corrected chi connectivity index (χ4v) is 1.62. The van der Waals surface area contributed by atoms with Crippen molar-refractivity contribution in [2.24, 2.45) is 0 Å². The van der Waals surface area contributed by atoms with Crippen LogP contribution < -0.4 is 0 Å². The molecule has 0 N–H and O–H groups in total. The molecule has 0 atom stereocenters. The molecule has 0 fully saturated rings. The largest absolute Gasteiger partial charge is 0.295 e. The highest BCUT2D eigenvalue weighted by molar-refractivity contribution is 5.94. The van der Waals surface area contributed by atoms with Crippen LogP contribution >= 0.6 is 0 Å². The quantitative estimate of drug-likeness (QED) is 0.683. The Morgan fingerprint density at radius 3 is 2.31 bits per heavy atom. The van der Waals surface area contributed by atoms with E-state index in [0.29, 0.717) is 0 Å². The normalized spacial score (nSPS) is 12.7. The molecule has 0 aliphatic carbocycles. The molecule has 0 unspecified atom stereocenters. The van der Waals surface area contributed by atoms with Gasteiger partial charge < -0.3 is 0 Å². The fraction of sp³-hybridized carbons (Fsp3) is 0.400. The maximum absolute atomic E-state index is 11.0. The van der Waals surface area contributed by atoms with E-state index in [4.69, 9.17) is 0 Å². The molecule has 1 heteroatoms. The van der Waals surface area contributed by atoms with Gasteiger partial charge in [0.25, 0.3) is 0 Å². The number of carbonyl (C=O) groups is 1. The average Bonchev–Trinajstić information content (AvgIpc) is 2.15. The molecule has 0 saturated heterocycles. The van der Waals surface area contributed by atoms with Gasteiger partial charge in [0.1, 0.15) is 0 Å². The molecule has 1 aromatic carbocycles. The van der Waals surface area contributed by atoms with E-state index in [0.717, 1.165) is 11.1 Å². The van der Waals surface area contributed by atoms with Crippen molar-refractivity contribution in [3.8, 4) is 0 Å². The Morgan fingerprint density at radius 2 is 1.81 bits per heavy atom. The van der Waals surface area contributed by atoms with E-state index >= 15 is 0 Å². The second kappa shape index (κ2) is 4.65. The minimum Gasteiger partial charge on any atom is -0.295 e. The molecule has 0 aromatic heterocycles. The standard InChI is InChI=1S/C15H20O/c1-11(9-12(2)16)13-7-6-8-14(10-13)15(3,4)5/h6-10H,1-5H3/b11-9+. The van der Waals surface area contributed by atoms with Crippen molar-refractivity contribution in [2.75, 3.05) is 0 Å². The SMILES string of the molecule is CC(=O)/C=C(\C)c1cccc(C(C)(C)C)c1. The van der Waals surface area contributed by atoms with E-state index in [-0.39, 0.29) is 11.2 Å². The molecule has 1 aromatic rings. The van der Waals surface area contributed by atoms with Crippen LogP contribution in [0, 0.1) is 0 Å². The summed E-state index contributed by atoms with van der Waals surface area (Å²) in [5.41, 5.74) is 3.59. The second-order valence-electron chi connectivity index (χ2n) is 5.27. The number of hydrogen-bond donors (Lipinski definition) is 0. The van der Waals surface area contributed by atoms with Gasteiger partial charge in [0.2, 0.25) is 0 Å². The molecule has 0 aliphatic rings. The highest BCUT2D eigenvalue weighted by atomic mass is 16.1. The summed E-state index contributed by atoms with van der Waals surface area (Å²) in [7, 11) is 0. The zero-order chi connectivity index (χ0) is 12.3. The van der Waals surface area contributed by atoms with E-state index in [9.17, 15) is 4.79 Å². The van der Waals surface area contributed by atoms with Crippen LogP contribution in [0.2, 0.25) is 0 Å². The van der Waals surface area contributed by atoms with Gasteiger partial charge in [-0.3, -0.25) is 4.79 Å². The molecule has 0 radical (unpaired) electrons. The van der Waals surface area contributed by atoms with Crippen LogP contribution in [-0.2, 0) is 10.2 Å². The lowest BCUT2D eigenvalue weighted by Gasteiger charge is -2.19. The minimum absolute atomic E-state index is 0.0960. The summed E-state index contributed by atoms with van der Waals surface area (Å²) in [5, 5.41) is 0. The number of carbonyl (C=O) groups excluding carboxylic acids is 1. The molecule has 1 nitrogen and oxygen atoms in total. The van der Waals surface area contributed by atoms with Gasteiger partial charge >= 0.3 is 0 Å². The highest BCUT2D eigenvalue weighted by Crippen LogP contribution is 2.25. The number of ketones is 1. The molecule has 0 amide bonds. The summed E-state index contributed by atoms with van der Waals surface area (Å²) >= 11 is 0. The Hall–Kier alpha value is -1.37. The van der Waals surface area contributed by atoms with E-state index in [1.165, 1.54) is 5.56 Å². The molecule has 0 heterocycles. The van der Waals surface area contributed by atoms with Crippen LogP contribution in [0.4, 0.5) is 0 Å². The van der Waals surface area contributed by atoms with Crippen molar-refractivity contribution in [1.29, 1.82) is 0 Å². The summed E-state index contributed by atoms with van der Waals surface area (Å²) < 4.78 is 0. The summed E-state index contributed by atoms with van der Waals surface area (Å²) in [6, 6.07) is 8.39. The molecular weight excluding hydrogens is 196 g/mol. The third-order valence-corrected chi connectivity index (χ3v) is 2.60. The highest BCUT2D eigenvalue weighted by Gasteiger charge is 2.13. The van der Waals surface area contributed by atoms with Gasteiger partial charge in [-0.1, -0.05) is 45.0 Å². The number of benzene rings is 1. The lowest BCUT2D eigenvalue weighted by molar-refractivity contribution is -0.112. The summed E-state index contributed by atoms with van der Waals surface area (Å²) in [4.78, 5) is 11.0. The molecule has 0 spiro atoms. The third-order valence-electron chi connectivity index (χ3n) is 2.60. The topological polar surface area (TPSA) is 17.1 Å². The first-order valence-electron chi connectivity index (χ1n) is 5.60. The van der Waals surface area contributed by atoms with Crippen molar-refractivity contribution in [2.45, 2.75) is 40.0 Å². The Bertz CT molecular complexity index is 419. The summed E-state index contributed by atoms with van der Waals surface area (Å²) in [5.74, 6) is 0.0960. The van der Waals surface area contributed by atoms with Crippen LogP contribution in [0.3, 0.4) is 0 Å². The van der Waals surface area contributed by atoms with Gasteiger partial charge in [0.05, 0.1) is 0 Å². The lowest BCUT2D eigenvalue weighted by Crippen LogP contribution is -2.11. The van der Waals surface area contributed by atoms with Crippen molar-refractivity contribution < 1.29 is 4.79 Å². The Kier molecular flexibility index (Phi) is 3.69. The number of rotatable bonds is 2. The molecule has 0 bridgehead atoms. The van der Waals surface area contributed by atoms with E-state index in [1.54, 1.807) is 13.0 Å². The maximum Gasteiger partial charge on any atom is 0.152 e. The first kappa shape index (κ1) is 12.7. The molecular formula is C15H20O. The van der Waals surface area contributed by atoms with E-state index in [1.807, 2.05) is 19.1 Å². The summed E-state index contributed by atoms with van der Waals surface area (Å²) in [6.07, 6.45) is 1.68. The van der Waals surface area contributed by atoms with Gasteiger partial charge in [-0.05, 0) is 42.0 Å². The molecule has 0 saturated carbocycles. The van der Waals surface area contributed by atoms with Gasteiger partial charge in [0, 0.05) is 0 Å². The van der Waals surface area contributed by atoms with Gasteiger partial charge in [0.15, 0.2) is 5.78 Å².